The topological polar surface area (TPSA) is 32.8 Å². The minimum Gasteiger partial charge on any atom is -0.372 e. The van der Waals surface area contributed by atoms with Crippen molar-refractivity contribution in [1.29, 1.82) is 0 Å². The highest BCUT2D eigenvalue weighted by molar-refractivity contribution is 5.78. The van der Waals surface area contributed by atoms with E-state index in [9.17, 15) is 4.79 Å². The summed E-state index contributed by atoms with van der Waals surface area (Å²) < 4.78 is 5.73. The first-order chi connectivity index (χ1) is 11.6. The van der Waals surface area contributed by atoms with Gasteiger partial charge in [0.25, 0.3) is 0 Å². The Balaban J connectivity index is 1.52. The number of hydrogen-bond donors (Lipinski definition) is 0. The lowest BCUT2D eigenvalue weighted by atomic mass is 9.92. The van der Waals surface area contributed by atoms with Crippen molar-refractivity contribution in [3.8, 4) is 0 Å². The van der Waals surface area contributed by atoms with Crippen LogP contribution in [0.2, 0.25) is 0 Å². The van der Waals surface area contributed by atoms with Crippen LogP contribution in [0.25, 0.3) is 0 Å². The van der Waals surface area contributed by atoms with E-state index in [2.05, 4.69) is 35.2 Å². The molecule has 1 amide bonds. The van der Waals surface area contributed by atoms with Crippen molar-refractivity contribution in [3.63, 3.8) is 0 Å². The van der Waals surface area contributed by atoms with Crippen LogP contribution >= 0.6 is 0 Å². The van der Waals surface area contributed by atoms with Gasteiger partial charge in [-0.2, -0.15) is 0 Å². The lowest BCUT2D eigenvalue weighted by Gasteiger charge is -2.36. The van der Waals surface area contributed by atoms with E-state index < -0.39 is 0 Å². The predicted molar refractivity (Wildman–Crippen MR) is 96.1 cm³/mol. The summed E-state index contributed by atoms with van der Waals surface area (Å²) in [5, 5.41) is 0. The molecule has 1 aromatic carbocycles. The van der Waals surface area contributed by atoms with Gasteiger partial charge >= 0.3 is 0 Å². The Hall–Kier alpha value is -1.39. The largest absolute Gasteiger partial charge is 0.372 e. The molecule has 0 spiro atoms. The lowest BCUT2D eigenvalue weighted by Crippen LogP contribution is -2.51. The van der Waals surface area contributed by atoms with Gasteiger partial charge < -0.3 is 9.64 Å². The van der Waals surface area contributed by atoms with Crippen LogP contribution in [0.4, 0.5) is 0 Å². The molecule has 0 aliphatic carbocycles. The molecule has 2 aliphatic rings. The van der Waals surface area contributed by atoms with Crippen molar-refractivity contribution in [2.24, 2.45) is 0 Å². The van der Waals surface area contributed by atoms with Crippen molar-refractivity contribution in [2.45, 2.75) is 51.2 Å². The molecule has 0 bridgehead atoms. The predicted octanol–water partition coefficient (Wildman–Crippen LogP) is 2.89. The van der Waals surface area contributed by atoms with Crippen LogP contribution in [-0.2, 0) is 9.53 Å². The number of likely N-dealkylation sites (tertiary alicyclic amines) is 1. The Kier molecular flexibility index (Phi) is 5.90. The zero-order chi connectivity index (χ0) is 16.9. The summed E-state index contributed by atoms with van der Waals surface area (Å²) in [6.45, 7) is 8.15. The van der Waals surface area contributed by atoms with E-state index >= 15 is 0 Å². The maximum Gasteiger partial charge on any atom is 0.236 e. The zero-order valence-corrected chi connectivity index (χ0v) is 15.0. The molecule has 4 nitrogen and oxygen atoms in total. The Labute approximate surface area is 145 Å². The molecule has 24 heavy (non-hydrogen) atoms. The van der Waals surface area contributed by atoms with Gasteiger partial charge in [-0.3, -0.25) is 9.69 Å². The normalized spacial score (nSPS) is 29.2. The average Bonchev–Trinajstić information content (AvgIpc) is 2.80. The molecular formula is C20H30N2O2. The Morgan fingerprint density at radius 1 is 1.08 bits per heavy atom. The van der Waals surface area contributed by atoms with Crippen LogP contribution in [0, 0.1) is 0 Å². The van der Waals surface area contributed by atoms with Crippen molar-refractivity contribution in [2.75, 3.05) is 32.7 Å². The standard InChI is InChI=1S/C20H30N2O2/c1-16-13-22(14-17(2)24-16)20(23)15-21-11-6-9-19(10-12-21)18-7-4-3-5-8-18/h3-5,7-8,16-17,19H,6,9-15H2,1-2H3/t16-,17+,19?. The van der Waals surface area contributed by atoms with Gasteiger partial charge in [0.2, 0.25) is 5.91 Å². The molecule has 4 heteroatoms. The van der Waals surface area contributed by atoms with Gasteiger partial charge in [0, 0.05) is 13.1 Å². The molecule has 2 saturated heterocycles. The van der Waals surface area contributed by atoms with Crippen molar-refractivity contribution < 1.29 is 9.53 Å². The number of nitrogens with zero attached hydrogens (tertiary/aromatic N) is 2. The number of carbonyl (C=O) groups excluding carboxylic acids is 1. The summed E-state index contributed by atoms with van der Waals surface area (Å²) in [7, 11) is 0. The van der Waals surface area contributed by atoms with E-state index in [0.29, 0.717) is 12.5 Å². The quantitative estimate of drug-likeness (QED) is 0.854. The van der Waals surface area contributed by atoms with Gasteiger partial charge in [-0.1, -0.05) is 30.3 Å². The summed E-state index contributed by atoms with van der Waals surface area (Å²) in [5.74, 6) is 0.893. The SMILES string of the molecule is C[C@@H]1CN(C(=O)CN2CCCC(c3ccccc3)CC2)C[C@H](C)O1. The highest BCUT2D eigenvalue weighted by Crippen LogP contribution is 2.27. The minimum absolute atomic E-state index is 0.143. The van der Waals surface area contributed by atoms with Gasteiger partial charge in [0.15, 0.2) is 0 Å². The van der Waals surface area contributed by atoms with E-state index in [4.69, 9.17) is 4.74 Å². The Bertz CT molecular complexity index is 524. The van der Waals surface area contributed by atoms with Gasteiger partial charge in [-0.25, -0.2) is 0 Å². The summed E-state index contributed by atoms with van der Waals surface area (Å²) in [6, 6.07) is 10.8. The van der Waals surface area contributed by atoms with Gasteiger partial charge in [0.1, 0.15) is 0 Å². The first kappa shape index (κ1) is 17.4. The van der Waals surface area contributed by atoms with E-state index in [1.54, 1.807) is 0 Å². The van der Waals surface area contributed by atoms with E-state index in [1.807, 2.05) is 18.7 Å². The maximum absolute atomic E-state index is 12.6. The average molecular weight is 330 g/mol. The van der Waals surface area contributed by atoms with Crippen LogP contribution in [0.1, 0.15) is 44.6 Å². The Morgan fingerprint density at radius 3 is 2.50 bits per heavy atom. The van der Waals surface area contributed by atoms with Crippen LogP contribution in [0.15, 0.2) is 30.3 Å². The molecule has 2 fully saturated rings. The highest BCUT2D eigenvalue weighted by Gasteiger charge is 2.27. The maximum atomic E-state index is 12.6. The lowest BCUT2D eigenvalue weighted by molar-refractivity contribution is -0.144. The third kappa shape index (κ3) is 4.58. The van der Waals surface area contributed by atoms with Crippen LogP contribution in [0.5, 0.6) is 0 Å². The second-order valence-electron chi connectivity index (χ2n) is 7.37. The molecule has 3 rings (SSSR count). The first-order valence-electron chi connectivity index (χ1n) is 9.32. The molecule has 1 aromatic rings. The molecule has 0 aromatic heterocycles. The number of morpholine rings is 1. The van der Waals surface area contributed by atoms with E-state index in [-0.39, 0.29) is 18.1 Å². The molecule has 2 heterocycles. The molecule has 0 N–H and O–H groups in total. The summed E-state index contributed by atoms with van der Waals surface area (Å²) in [4.78, 5) is 17.0. The fraction of sp³-hybridized carbons (Fsp3) is 0.650. The molecule has 132 valence electrons. The van der Waals surface area contributed by atoms with E-state index in [1.165, 1.54) is 18.4 Å². The third-order valence-electron chi connectivity index (χ3n) is 5.22. The molecule has 0 saturated carbocycles. The third-order valence-corrected chi connectivity index (χ3v) is 5.22. The number of benzene rings is 1. The number of carbonyl (C=O) groups is 1. The number of ether oxygens (including phenoxy) is 1. The number of amides is 1. The summed E-state index contributed by atoms with van der Waals surface area (Å²) >= 11 is 0. The second-order valence-corrected chi connectivity index (χ2v) is 7.37. The second kappa shape index (κ2) is 8.13. The molecule has 0 radical (unpaired) electrons. The first-order valence-corrected chi connectivity index (χ1v) is 9.32. The number of rotatable bonds is 3. The fourth-order valence-electron chi connectivity index (χ4n) is 4.05. The zero-order valence-electron chi connectivity index (χ0n) is 15.0. The summed E-state index contributed by atoms with van der Waals surface area (Å²) in [6.07, 6.45) is 3.82. The minimum atomic E-state index is 0.143. The smallest absolute Gasteiger partial charge is 0.236 e. The van der Waals surface area contributed by atoms with Gasteiger partial charge in [-0.05, 0) is 57.7 Å². The van der Waals surface area contributed by atoms with Crippen LogP contribution in [-0.4, -0.2) is 60.6 Å². The van der Waals surface area contributed by atoms with Crippen LogP contribution in [0.3, 0.4) is 0 Å². The molecular weight excluding hydrogens is 300 g/mol. The van der Waals surface area contributed by atoms with Gasteiger partial charge in [0.05, 0.1) is 18.8 Å². The Morgan fingerprint density at radius 2 is 1.79 bits per heavy atom. The molecule has 2 aliphatic heterocycles. The van der Waals surface area contributed by atoms with Crippen molar-refractivity contribution in [1.82, 2.24) is 9.80 Å². The highest BCUT2D eigenvalue weighted by atomic mass is 16.5. The molecule has 1 unspecified atom stereocenters. The van der Waals surface area contributed by atoms with Crippen molar-refractivity contribution >= 4 is 5.91 Å². The monoisotopic (exact) mass is 330 g/mol. The summed E-state index contributed by atoms with van der Waals surface area (Å²) in [5.41, 5.74) is 1.45. The fourth-order valence-corrected chi connectivity index (χ4v) is 4.05. The van der Waals surface area contributed by atoms with Crippen molar-refractivity contribution in [3.05, 3.63) is 35.9 Å². The van der Waals surface area contributed by atoms with Gasteiger partial charge in [-0.15, -0.1) is 0 Å². The van der Waals surface area contributed by atoms with Crippen LogP contribution < -0.4 is 0 Å². The van der Waals surface area contributed by atoms with E-state index in [0.717, 1.165) is 32.6 Å². The molecule has 3 atom stereocenters. The number of hydrogen-bond acceptors (Lipinski definition) is 3.